The minimum absolute atomic E-state index is 0.00463. The summed E-state index contributed by atoms with van der Waals surface area (Å²) in [6.07, 6.45) is 3.71. The minimum atomic E-state index is -1.47. The van der Waals surface area contributed by atoms with Crippen molar-refractivity contribution in [1.82, 2.24) is 4.90 Å². The lowest BCUT2D eigenvalue weighted by Crippen LogP contribution is -2.58. The molecule has 2 amide bonds. The first-order chi connectivity index (χ1) is 23.7. The molecule has 9 heteroatoms. The van der Waals surface area contributed by atoms with E-state index in [0.29, 0.717) is 16.7 Å². The summed E-state index contributed by atoms with van der Waals surface area (Å²) >= 11 is 0. The molecule has 0 bridgehead atoms. The van der Waals surface area contributed by atoms with E-state index >= 15 is 4.79 Å². The van der Waals surface area contributed by atoms with Gasteiger partial charge in [0.25, 0.3) is 0 Å². The summed E-state index contributed by atoms with van der Waals surface area (Å²) in [4.78, 5) is 70.3. The average molecular weight is 660 g/mol. The van der Waals surface area contributed by atoms with Gasteiger partial charge in [-0.15, -0.1) is 0 Å². The maximum Gasteiger partial charge on any atom is 0.303 e. The summed E-state index contributed by atoms with van der Waals surface area (Å²) < 4.78 is 5.79. The van der Waals surface area contributed by atoms with Gasteiger partial charge in [-0.05, 0) is 55.4 Å². The van der Waals surface area contributed by atoms with Gasteiger partial charge in [-0.2, -0.15) is 0 Å². The number of allylic oxidation sites excluding steroid dienone is 4. The fourth-order valence-electron chi connectivity index (χ4n) is 8.94. The van der Waals surface area contributed by atoms with E-state index < -0.39 is 41.0 Å². The molecule has 2 N–H and O–H groups in total. The number of amides is 2. The van der Waals surface area contributed by atoms with Crippen molar-refractivity contribution >= 4 is 34.9 Å². The number of carbonyl (C=O) groups is 5. The van der Waals surface area contributed by atoms with Gasteiger partial charge in [0.1, 0.15) is 0 Å². The Hall–Kier alpha value is -5.31. The number of carboxylic acid groups (broad SMARTS) is 1. The number of ether oxygens (including phenoxy) is 1. The number of aromatic hydroxyl groups is 1. The van der Waals surface area contributed by atoms with Crippen LogP contribution in [0.3, 0.4) is 0 Å². The lowest BCUT2D eigenvalue weighted by Gasteiger charge is -2.55. The van der Waals surface area contributed by atoms with Crippen molar-refractivity contribution in [1.29, 1.82) is 0 Å². The monoisotopic (exact) mass is 659 g/mol. The molecule has 7 rings (SSSR count). The highest BCUT2D eigenvalue weighted by Crippen LogP contribution is 2.64. The molecule has 1 heterocycles. The van der Waals surface area contributed by atoms with Crippen molar-refractivity contribution in [2.75, 3.05) is 13.2 Å². The van der Waals surface area contributed by atoms with Crippen LogP contribution >= 0.6 is 0 Å². The van der Waals surface area contributed by atoms with Gasteiger partial charge in [-0.1, -0.05) is 84.4 Å². The fraction of sp³-hybridized carbons (Fsp3) is 0.325. The highest BCUT2D eigenvalue weighted by molar-refractivity contribution is 6.31. The molecule has 1 aliphatic heterocycles. The molecule has 250 valence electrons. The van der Waals surface area contributed by atoms with Crippen molar-refractivity contribution in [3.05, 3.63) is 113 Å². The molecular weight excluding hydrogens is 622 g/mol. The van der Waals surface area contributed by atoms with Crippen LogP contribution in [0.2, 0.25) is 0 Å². The molecule has 3 aromatic rings. The Morgan fingerprint density at radius 3 is 2.33 bits per heavy atom. The molecule has 0 radical (unpaired) electrons. The number of nitrogens with zero attached hydrogens (tertiary/aromatic N) is 1. The topological polar surface area (TPSA) is 138 Å². The Balaban J connectivity index is 1.45. The second-order valence-electron chi connectivity index (χ2n) is 13.2. The van der Waals surface area contributed by atoms with Crippen LogP contribution in [-0.4, -0.2) is 57.6 Å². The molecule has 4 aliphatic rings. The summed E-state index contributed by atoms with van der Waals surface area (Å²) in [5.74, 6) is -6.02. The standard InChI is InChI=1S/C40H37NO8/c1-2-49-31-16-9-15-27(37(31)46)35-25-18-19-26-34(39(48)41(38(26)47)20-10-17-33(43)44)29(25)21-30-36(45)28(23-11-5-3-6-12-23)22-32(42)40(30,35)24-13-7-4-8-14-24/h3-9,11-16,18,22,26,29-30,34-35,46H,2,10,17,19-21H2,1H3,(H,43,44). The zero-order valence-electron chi connectivity index (χ0n) is 27.1. The van der Waals surface area contributed by atoms with E-state index in [1.165, 1.54) is 11.0 Å². The molecule has 0 aromatic heterocycles. The molecule has 9 nitrogen and oxygen atoms in total. The summed E-state index contributed by atoms with van der Waals surface area (Å²) in [5.41, 5.74) is 1.19. The zero-order valence-corrected chi connectivity index (χ0v) is 27.1. The van der Waals surface area contributed by atoms with Crippen LogP contribution in [0.5, 0.6) is 11.5 Å². The molecule has 2 fully saturated rings. The van der Waals surface area contributed by atoms with Crippen LogP contribution in [0.1, 0.15) is 55.2 Å². The van der Waals surface area contributed by atoms with Gasteiger partial charge in [0, 0.05) is 35.9 Å². The second-order valence-corrected chi connectivity index (χ2v) is 13.2. The van der Waals surface area contributed by atoms with Crippen LogP contribution in [-0.2, 0) is 29.4 Å². The van der Waals surface area contributed by atoms with Crippen LogP contribution in [0.25, 0.3) is 5.57 Å². The highest BCUT2D eigenvalue weighted by atomic mass is 16.5. The number of carboxylic acids is 1. The molecule has 1 saturated carbocycles. The number of para-hydroxylation sites is 1. The number of phenolic OH excluding ortho intramolecular Hbond substituents is 1. The number of fused-ring (bicyclic) bond motifs is 4. The fourth-order valence-corrected chi connectivity index (χ4v) is 8.94. The predicted octanol–water partition coefficient (Wildman–Crippen LogP) is 5.48. The summed E-state index contributed by atoms with van der Waals surface area (Å²) in [5, 5.41) is 21.0. The molecule has 1 saturated heterocycles. The van der Waals surface area contributed by atoms with Gasteiger partial charge >= 0.3 is 5.97 Å². The Labute approximate surface area is 283 Å². The number of benzene rings is 3. The number of phenols is 1. The molecule has 0 spiro atoms. The third-order valence-corrected chi connectivity index (χ3v) is 10.9. The van der Waals surface area contributed by atoms with Crippen LogP contribution in [0.4, 0.5) is 0 Å². The SMILES string of the molecule is CCOc1cccc(C2C3=CCC4C(=O)N(CCCC(=O)O)C(=O)C4C3CC3C(=O)C(c4ccccc4)=CC(=O)C32c2ccccc2)c1O. The first-order valence-corrected chi connectivity index (χ1v) is 16.8. The Morgan fingerprint density at radius 2 is 1.63 bits per heavy atom. The van der Waals surface area contributed by atoms with Gasteiger partial charge in [0.15, 0.2) is 23.1 Å². The lowest BCUT2D eigenvalue weighted by molar-refractivity contribution is -0.142. The maximum atomic E-state index is 15.1. The van der Waals surface area contributed by atoms with Crippen molar-refractivity contribution in [3.8, 4) is 11.5 Å². The second kappa shape index (κ2) is 12.6. The van der Waals surface area contributed by atoms with E-state index in [0.717, 1.165) is 5.57 Å². The molecule has 3 aliphatic carbocycles. The van der Waals surface area contributed by atoms with Gasteiger partial charge < -0.3 is 14.9 Å². The number of rotatable bonds is 9. The number of hydrogen-bond donors (Lipinski definition) is 2. The largest absolute Gasteiger partial charge is 0.504 e. The third-order valence-electron chi connectivity index (χ3n) is 10.9. The van der Waals surface area contributed by atoms with Crippen LogP contribution < -0.4 is 4.74 Å². The van der Waals surface area contributed by atoms with E-state index in [9.17, 15) is 29.4 Å². The highest BCUT2D eigenvalue weighted by Gasteiger charge is 2.66. The normalized spacial score (nSPS) is 27.5. The first kappa shape index (κ1) is 32.2. The molecule has 6 atom stereocenters. The number of Topliss-reactive ketones (excluding diaryl/α,β-unsaturated/α-hetero) is 1. The van der Waals surface area contributed by atoms with E-state index in [1.54, 1.807) is 37.3 Å². The molecular formula is C40H37NO8. The lowest BCUT2D eigenvalue weighted by atomic mass is 9.44. The quantitative estimate of drug-likeness (QED) is 0.228. The number of likely N-dealkylation sites (tertiary alicyclic amines) is 1. The van der Waals surface area contributed by atoms with Crippen molar-refractivity contribution in [2.45, 2.75) is 43.9 Å². The van der Waals surface area contributed by atoms with E-state index in [2.05, 4.69) is 0 Å². The molecule has 49 heavy (non-hydrogen) atoms. The average Bonchev–Trinajstić information content (AvgIpc) is 3.35. The summed E-state index contributed by atoms with van der Waals surface area (Å²) in [6.45, 7) is 2.09. The molecule has 3 aromatic carbocycles. The van der Waals surface area contributed by atoms with Crippen molar-refractivity contribution in [3.63, 3.8) is 0 Å². The maximum absolute atomic E-state index is 15.1. The van der Waals surface area contributed by atoms with E-state index in [1.807, 2.05) is 54.6 Å². The van der Waals surface area contributed by atoms with Gasteiger partial charge in [-0.25, -0.2) is 0 Å². The first-order valence-electron chi connectivity index (χ1n) is 16.8. The number of aliphatic carboxylic acids is 1. The molecule has 6 unspecified atom stereocenters. The smallest absolute Gasteiger partial charge is 0.303 e. The van der Waals surface area contributed by atoms with Crippen LogP contribution in [0, 0.1) is 23.7 Å². The number of imide groups is 1. The van der Waals surface area contributed by atoms with Crippen LogP contribution in [0.15, 0.2) is 96.6 Å². The van der Waals surface area contributed by atoms with E-state index in [4.69, 9.17) is 4.74 Å². The Bertz CT molecular complexity index is 1910. The zero-order chi connectivity index (χ0) is 34.4. The third kappa shape index (κ3) is 5.02. The predicted molar refractivity (Wildman–Crippen MR) is 179 cm³/mol. The van der Waals surface area contributed by atoms with Gasteiger partial charge in [-0.3, -0.25) is 28.9 Å². The number of carbonyl (C=O) groups excluding carboxylic acids is 4. The minimum Gasteiger partial charge on any atom is -0.504 e. The summed E-state index contributed by atoms with van der Waals surface area (Å²) in [6, 6.07) is 23.4. The van der Waals surface area contributed by atoms with Crippen molar-refractivity contribution < 1.29 is 38.9 Å². The van der Waals surface area contributed by atoms with E-state index in [-0.39, 0.29) is 79.3 Å². The van der Waals surface area contributed by atoms with Gasteiger partial charge in [0.2, 0.25) is 11.8 Å². The van der Waals surface area contributed by atoms with Crippen molar-refractivity contribution in [2.24, 2.45) is 23.7 Å². The Kier molecular flexibility index (Phi) is 8.30. The number of ketones is 2. The van der Waals surface area contributed by atoms with Gasteiger partial charge in [0.05, 0.1) is 23.9 Å². The number of hydrogen-bond acceptors (Lipinski definition) is 7. The Morgan fingerprint density at radius 1 is 0.918 bits per heavy atom. The summed E-state index contributed by atoms with van der Waals surface area (Å²) in [7, 11) is 0.